The normalized spacial score (nSPS) is 14.9. The first-order valence-electron chi connectivity index (χ1n) is 5.89. The summed E-state index contributed by atoms with van der Waals surface area (Å²) in [6, 6.07) is 7.73. The first-order chi connectivity index (χ1) is 8.52. The van der Waals surface area contributed by atoms with Crippen LogP contribution in [0.1, 0.15) is 25.5 Å². The second-order valence-electron chi connectivity index (χ2n) is 4.74. The van der Waals surface area contributed by atoms with Gasteiger partial charge in [0.1, 0.15) is 0 Å². The molecule has 0 saturated heterocycles. The summed E-state index contributed by atoms with van der Waals surface area (Å²) in [6.45, 7) is 3.63. The summed E-state index contributed by atoms with van der Waals surface area (Å²) in [5.41, 5.74) is 0.719. The van der Waals surface area contributed by atoms with Crippen LogP contribution in [-0.2, 0) is 4.79 Å². The van der Waals surface area contributed by atoms with E-state index in [9.17, 15) is 15.0 Å². The zero-order valence-electron chi connectivity index (χ0n) is 10.3. The fourth-order valence-electron chi connectivity index (χ4n) is 2.21. The van der Waals surface area contributed by atoms with Gasteiger partial charge in [0.25, 0.3) is 0 Å². The number of rotatable bonds is 4. The van der Waals surface area contributed by atoms with Crippen molar-refractivity contribution in [2.24, 2.45) is 11.8 Å². The summed E-state index contributed by atoms with van der Waals surface area (Å²) < 4.78 is 1.07. The van der Waals surface area contributed by atoms with Crippen molar-refractivity contribution in [3.05, 3.63) is 35.2 Å². The molecule has 0 saturated carbocycles. The third-order valence-corrected chi connectivity index (χ3v) is 4.15. The molecular formula is C14H16O3S. The number of thiophene rings is 1. The van der Waals surface area contributed by atoms with Crippen LogP contribution in [0.4, 0.5) is 0 Å². The standard InChI is InChI=1S/C14H16O3S/c1-8(2)12(14(16)17)13(15)10-7-18-11-6-4-3-5-9(10)11/h3-8,12-13,15H,1-2H3,(H,16,17). The maximum atomic E-state index is 11.3. The summed E-state index contributed by atoms with van der Waals surface area (Å²) >= 11 is 1.53. The molecule has 96 valence electrons. The Morgan fingerprint density at radius 1 is 1.28 bits per heavy atom. The maximum Gasteiger partial charge on any atom is 0.309 e. The van der Waals surface area contributed by atoms with Gasteiger partial charge in [-0.25, -0.2) is 0 Å². The molecule has 2 unspecified atom stereocenters. The fraction of sp³-hybridized carbons (Fsp3) is 0.357. The lowest BCUT2D eigenvalue weighted by Crippen LogP contribution is -2.26. The van der Waals surface area contributed by atoms with Gasteiger partial charge in [0.2, 0.25) is 0 Å². The summed E-state index contributed by atoms with van der Waals surface area (Å²) in [5, 5.41) is 22.4. The second-order valence-corrected chi connectivity index (χ2v) is 5.65. The predicted octanol–water partition coefficient (Wildman–Crippen LogP) is 3.29. The van der Waals surface area contributed by atoms with Gasteiger partial charge in [-0.15, -0.1) is 11.3 Å². The number of aliphatic carboxylic acids is 1. The van der Waals surface area contributed by atoms with Crippen LogP contribution < -0.4 is 0 Å². The third-order valence-electron chi connectivity index (χ3n) is 3.17. The molecule has 4 heteroatoms. The molecule has 1 aromatic heterocycles. The Hall–Kier alpha value is -1.39. The Bertz CT molecular complexity index is 559. The Kier molecular flexibility index (Phi) is 3.68. The predicted molar refractivity (Wildman–Crippen MR) is 72.7 cm³/mol. The van der Waals surface area contributed by atoms with E-state index in [0.717, 1.165) is 15.6 Å². The van der Waals surface area contributed by atoms with Crippen molar-refractivity contribution in [2.75, 3.05) is 0 Å². The van der Waals surface area contributed by atoms with Crippen LogP contribution in [0, 0.1) is 11.8 Å². The van der Waals surface area contributed by atoms with E-state index >= 15 is 0 Å². The van der Waals surface area contributed by atoms with E-state index in [0.29, 0.717) is 0 Å². The molecule has 2 atom stereocenters. The lowest BCUT2D eigenvalue weighted by molar-refractivity contribution is -0.148. The zero-order chi connectivity index (χ0) is 13.3. The minimum absolute atomic E-state index is 0.115. The highest BCUT2D eigenvalue weighted by atomic mass is 32.1. The van der Waals surface area contributed by atoms with Gasteiger partial charge < -0.3 is 10.2 Å². The first kappa shape index (κ1) is 13.1. The van der Waals surface area contributed by atoms with Crippen LogP contribution >= 0.6 is 11.3 Å². The van der Waals surface area contributed by atoms with Gasteiger partial charge in [0.15, 0.2) is 0 Å². The van der Waals surface area contributed by atoms with E-state index in [1.165, 1.54) is 11.3 Å². The van der Waals surface area contributed by atoms with E-state index in [1.807, 2.05) is 43.5 Å². The topological polar surface area (TPSA) is 57.5 Å². The largest absolute Gasteiger partial charge is 0.481 e. The summed E-state index contributed by atoms with van der Waals surface area (Å²) in [7, 11) is 0. The van der Waals surface area contributed by atoms with Crippen LogP contribution in [0.3, 0.4) is 0 Å². The average Bonchev–Trinajstić information content (AvgIpc) is 2.71. The highest BCUT2D eigenvalue weighted by molar-refractivity contribution is 7.17. The quantitative estimate of drug-likeness (QED) is 0.891. The van der Waals surface area contributed by atoms with Gasteiger partial charge in [0.05, 0.1) is 12.0 Å². The molecule has 0 amide bonds. The van der Waals surface area contributed by atoms with Crippen molar-refractivity contribution >= 4 is 27.4 Å². The molecule has 0 spiro atoms. The molecule has 0 fully saturated rings. The lowest BCUT2D eigenvalue weighted by Gasteiger charge is -2.22. The number of hydrogen-bond donors (Lipinski definition) is 2. The number of carboxylic acids is 1. The minimum Gasteiger partial charge on any atom is -0.481 e. The molecule has 2 N–H and O–H groups in total. The highest BCUT2D eigenvalue weighted by Gasteiger charge is 2.32. The van der Waals surface area contributed by atoms with Gasteiger partial charge in [0, 0.05) is 4.70 Å². The third kappa shape index (κ3) is 2.26. The smallest absolute Gasteiger partial charge is 0.309 e. The Balaban J connectivity index is 2.44. The molecule has 0 bridgehead atoms. The van der Waals surface area contributed by atoms with Crippen molar-refractivity contribution in [2.45, 2.75) is 20.0 Å². The van der Waals surface area contributed by atoms with Crippen molar-refractivity contribution in [3.63, 3.8) is 0 Å². The van der Waals surface area contributed by atoms with Gasteiger partial charge in [-0.3, -0.25) is 4.79 Å². The number of benzene rings is 1. The van der Waals surface area contributed by atoms with Crippen molar-refractivity contribution in [1.29, 1.82) is 0 Å². The average molecular weight is 264 g/mol. The fourth-order valence-corrected chi connectivity index (χ4v) is 3.20. The van der Waals surface area contributed by atoms with Crippen LogP contribution in [-0.4, -0.2) is 16.2 Å². The Morgan fingerprint density at radius 2 is 1.94 bits per heavy atom. The van der Waals surface area contributed by atoms with Gasteiger partial charge in [-0.1, -0.05) is 32.0 Å². The van der Waals surface area contributed by atoms with E-state index in [1.54, 1.807) is 0 Å². The van der Waals surface area contributed by atoms with E-state index < -0.39 is 18.0 Å². The summed E-state index contributed by atoms with van der Waals surface area (Å²) in [6.07, 6.45) is -0.960. The van der Waals surface area contributed by atoms with E-state index in [2.05, 4.69) is 0 Å². The van der Waals surface area contributed by atoms with Gasteiger partial charge in [-0.05, 0) is 28.3 Å². The molecule has 1 aromatic carbocycles. The molecule has 0 aliphatic heterocycles. The molecule has 1 heterocycles. The van der Waals surface area contributed by atoms with E-state index in [4.69, 9.17) is 0 Å². The van der Waals surface area contributed by atoms with Crippen LogP contribution in [0.5, 0.6) is 0 Å². The molecule has 18 heavy (non-hydrogen) atoms. The molecule has 3 nitrogen and oxygen atoms in total. The number of hydrogen-bond acceptors (Lipinski definition) is 3. The van der Waals surface area contributed by atoms with Crippen molar-refractivity contribution < 1.29 is 15.0 Å². The summed E-state index contributed by atoms with van der Waals surface area (Å²) in [4.78, 5) is 11.3. The minimum atomic E-state index is -0.960. The number of carbonyl (C=O) groups is 1. The van der Waals surface area contributed by atoms with Crippen molar-refractivity contribution in [3.8, 4) is 0 Å². The highest BCUT2D eigenvalue weighted by Crippen LogP contribution is 2.36. The summed E-state index contributed by atoms with van der Waals surface area (Å²) in [5.74, 6) is -1.84. The molecular weight excluding hydrogens is 248 g/mol. The van der Waals surface area contributed by atoms with Crippen LogP contribution in [0.25, 0.3) is 10.1 Å². The molecule has 2 rings (SSSR count). The second kappa shape index (κ2) is 5.08. The van der Waals surface area contributed by atoms with Gasteiger partial charge in [-0.2, -0.15) is 0 Å². The zero-order valence-corrected chi connectivity index (χ0v) is 11.1. The van der Waals surface area contributed by atoms with Crippen LogP contribution in [0.15, 0.2) is 29.6 Å². The SMILES string of the molecule is CC(C)C(C(=O)O)C(O)c1csc2ccccc12. The molecule has 0 aliphatic rings. The molecule has 0 radical (unpaired) electrons. The monoisotopic (exact) mass is 264 g/mol. The number of fused-ring (bicyclic) bond motifs is 1. The number of aliphatic hydroxyl groups excluding tert-OH is 1. The van der Waals surface area contributed by atoms with Crippen molar-refractivity contribution in [1.82, 2.24) is 0 Å². The molecule has 2 aromatic rings. The maximum absolute atomic E-state index is 11.3. The number of carboxylic acid groups (broad SMARTS) is 1. The first-order valence-corrected chi connectivity index (χ1v) is 6.77. The number of aliphatic hydroxyl groups is 1. The Morgan fingerprint density at radius 3 is 2.56 bits per heavy atom. The van der Waals surface area contributed by atoms with Crippen LogP contribution in [0.2, 0.25) is 0 Å². The van der Waals surface area contributed by atoms with E-state index in [-0.39, 0.29) is 5.92 Å². The molecule has 0 aliphatic carbocycles. The lowest BCUT2D eigenvalue weighted by atomic mass is 9.86. The Labute approximate surface area is 110 Å². The van der Waals surface area contributed by atoms with Gasteiger partial charge >= 0.3 is 5.97 Å².